The Morgan fingerprint density at radius 3 is 1.26 bits per heavy atom. The Morgan fingerprint density at radius 1 is 0.613 bits per heavy atom. The highest BCUT2D eigenvalue weighted by atomic mass is 32.2. The standard InChI is InChI=1S/C28H34O2S/c1-27(2)17-13-23(14-18-27)21-5-9-25(10-6-21)31(29,30)26-11-7-22(8-12-26)24-15-19-28(3,4)20-16-24/h5-13,15H,14,16-20H2,1-4H3. The van der Waals surface area contributed by atoms with Gasteiger partial charge in [-0.2, -0.15) is 0 Å². The van der Waals surface area contributed by atoms with Crippen LogP contribution in [0.2, 0.25) is 0 Å². The quantitative estimate of drug-likeness (QED) is 0.494. The molecule has 0 unspecified atom stereocenters. The van der Waals surface area contributed by atoms with Crippen molar-refractivity contribution >= 4 is 21.0 Å². The third-order valence-corrected chi connectivity index (χ3v) is 8.80. The number of hydrogen-bond acceptors (Lipinski definition) is 2. The predicted octanol–water partition coefficient (Wildman–Crippen LogP) is 7.71. The van der Waals surface area contributed by atoms with Crippen LogP contribution in [0.25, 0.3) is 11.1 Å². The van der Waals surface area contributed by atoms with E-state index in [1.807, 2.05) is 24.3 Å². The first-order valence-corrected chi connectivity index (χ1v) is 12.9. The average molecular weight is 435 g/mol. The molecule has 0 bridgehead atoms. The fourth-order valence-electron chi connectivity index (χ4n) is 4.51. The first-order valence-electron chi connectivity index (χ1n) is 11.4. The van der Waals surface area contributed by atoms with Gasteiger partial charge in [0.25, 0.3) is 0 Å². The minimum atomic E-state index is -3.51. The molecule has 31 heavy (non-hydrogen) atoms. The maximum Gasteiger partial charge on any atom is 0.206 e. The van der Waals surface area contributed by atoms with Gasteiger partial charge in [0.05, 0.1) is 9.79 Å². The lowest BCUT2D eigenvalue weighted by atomic mass is 9.77. The summed E-state index contributed by atoms with van der Waals surface area (Å²) in [6, 6.07) is 14.9. The van der Waals surface area contributed by atoms with E-state index in [-0.39, 0.29) is 0 Å². The van der Waals surface area contributed by atoms with Crippen molar-refractivity contribution in [3.63, 3.8) is 0 Å². The lowest BCUT2D eigenvalue weighted by molar-refractivity contribution is 0.335. The van der Waals surface area contributed by atoms with Crippen LogP contribution in [0.3, 0.4) is 0 Å². The largest absolute Gasteiger partial charge is 0.219 e. The van der Waals surface area contributed by atoms with Crippen LogP contribution < -0.4 is 0 Å². The lowest BCUT2D eigenvalue weighted by Crippen LogP contribution is -2.14. The molecule has 2 nitrogen and oxygen atoms in total. The van der Waals surface area contributed by atoms with E-state index >= 15 is 0 Å². The summed E-state index contributed by atoms with van der Waals surface area (Å²) in [6.45, 7) is 9.19. The number of sulfone groups is 1. The van der Waals surface area contributed by atoms with Gasteiger partial charge in [-0.3, -0.25) is 0 Å². The van der Waals surface area contributed by atoms with Crippen molar-refractivity contribution in [1.82, 2.24) is 0 Å². The van der Waals surface area contributed by atoms with Gasteiger partial charge in [-0.25, -0.2) is 8.42 Å². The topological polar surface area (TPSA) is 34.1 Å². The van der Waals surface area contributed by atoms with E-state index < -0.39 is 9.84 Å². The molecule has 4 rings (SSSR count). The van der Waals surface area contributed by atoms with Crippen molar-refractivity contribution in [1.29, 1.82) is 0 Å². The van der Waals surface area contributed by atoms with Gasteiger partial charge < -0.3 is 0 Å². The Hall–Kier alpha value is -2.13. The van der Waals surface area contributed by atoms with Gasteiger partial charge in [-0.05, 0) is 95.9 Å². The van der Waals surface area contributed by atoms with E-state index in [4.69, 9.17) is 0 Å². The summed E-state index contributed by atoms with van der Waals surface area (Å²) < 4.78 is 26.3. The smallest absolute Gasteiger partial charge is 0.206 e. The van der Waals surface area contributed by atoms with Crippen molar-refractivity contribution < 1.29 is 8.42 Å². The third-order valence-electron chi connectivity index (χ3n) is 7.02. The summed E-state index contributed by atoms with van der Waals surface area (Å²) in [5, 5.41) is 0. The molecule has 2 aliphatic rings. The number of benzene rings is 2. The number of allylic oxidation sites excluding steroid dienone is 4. The normalized spacial score (nSPS) is 20.6. The summed E-state index contributed by atoms with van der Waals surface area (Å²) in [4.78, 5) is 0.721. The van der Waals surface area contributed by atoms with Gasteiger partial charge in [0.15, 0.2) is 0 Å². The molecule has 0 heterocycles. The zero-order valence-corrected chi connectivity index (χ0v) is 20.1. The van der Waals surface area contributed by atoms with Crippen molar-refractivity contribution in [3.05, 3.63) is 71.8 Å². The average Bonchev–Trinajstić information content (AvgIpc) is 2.74. The van der Waals surface area contributed by atoms with Crippen LogP contribution >= 0.6 is 0 Å². The molecule has 0 N–H and O–H groups in total. The Kier molecular flexibility index (Phi) is 5.76. The Labute approximate surface area is 188 Å². The van der Waals surface area contributed by atoms with Crippen LogP contribution in [0.15, 0.2) is 70.5 Å². The SMILES string of the molecule is CC1(C)CC=C(c2ccc(S(=O)(=O)c3ccc(C4=CCC(C)(C)CC4)cc3)cc2)CC1. The van der Waals surface area contributed by atoms with Crippen LogP contribution in [0.1, 0.15) is 77.3 Å². The minimum Gasteiger partial charge on any atom is -0.219 e. The van der Waals surface area contributed by atoms with Crippen molar-refractivity contribution in [3.8, 4) is 0 Å². The highest BCUT2D eigenvalue weighted by Crippen LogP contribution is 2.39. The van der Waals surface area contributed by atoms with E-state index in [1.165, 1.54) is 24.0 Å². The zero-order chi connectivity index (χ0) is 22.3. The number of hydrogen-bond donors (Lipinski definition) is 0. The minimum absolute atomic E-state index is 0.361. The lowest BCUT2D eigenvalue weighted by Gasteiger charge is -2.28. The first kappa shape index (κ1) is 22.1. The molecule has 0 fully saturated rings. The van der Waals surface area contributed by atoms with Gasteiger partial charge in [-0.1, -0.05) is 64.1 Å². The molecule has 0 radical (unpaired) electrons. The fourth-order valence-corrected chi connectivity index (χ4v) is 5.77. The van der Waals surface area contributed by atoms with E-state index in [0.717, 1.165) is 36.8 Å². The van der Waals surface area contributed by atoms with E-state index in [2.05, 4.69) is 39.8 Å². The summed E-state index contributed by atoms with van der Waals surface area (Å²) in [7, 11) is -3.51. The maximum atomic E-state index is 13.2. The summed E-state index contributed by atoms with van der Waals surface area (Å²) in [6.07, 6.45) is 11.2. The summed E-state index contributed by atoms with van der Waals surface area (Å²) in [5.74, 6) is 0. The van der Waals surface area contributed by atoms with E-state index in [0.29, 0.717) is 20.6 Å². The number of rotatable bonds is 4. The van der Waals surface area contributed by atoms with Crippen molar-refractivity contribution in [2.75, 3.05) is 0 Å². The molecule has 164 valence electrons. The van der Waals surface area contributed by atoms with Gasteiger partial charge in [-0.15, -0.1) is 0 Å². The molecule has 0 amide bonds. The molecule has 0 saturated carbocycles. The van der Waals surface area contributed by atoms with Crippen LogP contribution in [0.5, 0.6) is 0 Å². The molecule has 0 aliphatic heterocycles. The fraction of sp³-hybridized carbons (Fsp3) is 0.429. The maximum absolute atomic E-state index is 13.2. The van der Waals surface area contributed by atoms with E-state index in [1.54, 1.807) is 24.3 Å². The highest BCUT2D eigenvalue weighted by molar-refractivity contribution is 7.91. The van der Waals surface area contributed by atoms with E-state index in [9.17, 15) is 8.42 Å². The van der Waals surface area contributed by atoms with Crippen molar-refractivity contribution in [2.24, 2.45) is 10.8 Å². The second-order valence-corrected chi connectivity index (χ2v) is 12.7. The summed E-state index contributed by atoms with van der Waals surface area (Å²) >= 11 is 0. The molecular formula is C28H34O2S. The van der Waals surface area contributed by atoms with Crippen LogP contribution in [-0.2, 0) is 9.84 Å². The molecule has 2 aromatic carbocycles. The second kappa shape index (κ2) is 8.09. The molecular weight excluding hydrogens is 400 g/mol. The molecule has 0 spiro atoms. The van der Waals surface area contributed by atoms with Crippen molar-refractivity contribution in [2.45, 2.75) is 76.0 Å². The second-order valence-electron chi connectivity index (χ2n) is 10.7. The molecule has 2 aliphatic carbocycles. The first-order chi connectivity index (χ1) is 14.6. The summed E-state index contributed by atoms with van der Waals surface area (Å²) in [5.41, 5.74) is 5.66. The molecule has 0 aromatic heterocycles. The molecule has 0 saturated heterocycles. The zero-order valence-electron chi connectivity index (χ0n) is 19.2. The van der Waals surface area contributed by atoms with Gasteiger partial charge in [0.1, 0.15) is 0 Å². The van der Waals surface area contributed by atoms with Crippen LogP contribution in [-0.4, -0.2) is 8.42 Å². The molecule has 3 heteroatoms. The monoisotopic (exact) mass is 434 g/mol. The Bertz CT molecular complexity index is 1030. The van der Waals surface area contributed by atoms with Gasteiger partial charge >= 0.3 is 0 Å². The highest BCUT2D eigenvalue weighted by Gasteiger charge is 2.24. The van der Waals surface area contributed by atoms with Gasteiger partial charge in [0.2, 0.25) is 9.84 Å². The molecule has 0 atom stereocenters. The predicted molar refractivity (Wildman–Crippen MR) is 130 cm³/mol. The Balaban J connectivity index is 1.52. The van der Waals surface area contributed by atoms with Crippen LogP contribution in [0, 0.1) is 10.8 Å². The molecule has 2 aromatic rings. The Morgan fingerprint density at radius 2 is 0.968 bits per heavy atom. The van der Waals surface area contributed by atoms with Crippen LogP contribution in [0.4, 0.5) is 0 Å². The third kappa shape index (κ3) is 4.87. The van der Waals surface area contributed by atoms with Gasteiger partial charge in [0, 0.05) is 0 Å².